The lowest BCUT2D eigenvalue weighted by molar-refractivity contribution is -0.132. The molecule has 1 aliphatic heterocycles. The highest BCUT2D eigenvalue weighted by Crippen LogP contribution is 2.34. The third-order valence-electron chi connectivity index (χ3n) is 3.75. The Morgan fingerprint density at radius 1 is 1.37 bits per heavy atom. The van der Waals surface area contributed by atoms with Crippen LogP contribution in [-0.4, -0.2) is 46.8 Å². The van der Waals surface area contributed by atoms with Gasteiger partial charge in [-0.05, 0) is 25.3 Å². The maximum Gasteiger partial charge on any atom is 0.227 e. The van der Waals surface area contributed by atoms with E-state index in [2.05, 4.69) is 29.2 Å². The SMILES string of the molecule is CC(C)C1(C(=O)NCCCNS(C)(=O)=O)CCNC1. The Hall–Kier alpha value is -0.660. The Balaban J connectivity index is 2.34. The number of nitrogens with one attached hydrogen (secondary N) is 3. The van der Waals surface area contributed by atoms with Gasteiger partial charge < -0.3 is 10.6 Å². The highest BCUT2D eigenvalue weighted by molar-refractivity contribution is 7.88. The second-order valence-corrected chi connectivity index (χ2v) is 7.35. The molecule has 19 heavy (non-hydrogen) atoms. The normalized spacial score (nSPS) is 23.8. The van der Waals surface area contributed by atoms with Crippen LogP contribution in [0, 0.1) is 11.3 Å². The molecule has 0 aromatic rings. The molecule has 0 aromatic heterocycles. The minimum absolute atomic E-state index is 0.0758. The molecule has 1 atom stereocenters. The summed E-state index contributed by atoms with van der Waals surface area (Å²) < 4.78 is 24.1. The quantitative estimate of drug-likeness (QED) is 0.561. The first-order valence-corrected chi connectivity index (χ1v) is 8.61. The molecule has 6 nitrogen and oxygen atoms in total. The molecule has 0 aromatic carbocycles. The Morgan fingerprint density at radius 3 is 2.53 bits per heavy atom. The van der Waals surface area contributed by atoms with Gasteiger partial charge in [0.2, 0.25) is 15.9 Å². The predicted molar refractivity (Wildman–Crippen MR) is 75.2 cm³/mol. The lowest BCUT2D eigenvalue weighted by atomic mass is 9.75. The van der Waals surface area contributed by atoms with Gasteiger partial charge in [-0.1, -0.05) is 13.8 Å². The van der Waals surface area contributed by atoms with E-state index in [1.165, 1.54) is 0 Å². The smallest absolute Gasteiger partial charge is 0.227 e. The number of rotatable bonds is 7. The first kappa shape index (κ1) is 16.4. The van der Waals surface area contributed by atoms with Gasteiger partial charge in [0.15, 0.2) is 0 Å². The standard InChI is InChI=1S/C12H25N3O3S/c1-10(2)12(5-8-13-9-12)11(16)14-6-4-7-15-19(3,17)18/h10,13,15H,4-9H2,1-3H3,(H,14,16). The van der Waals surface area contributed by atoms with Crippen LogP contribution in [0.4, 0.5) is 0 Å². The average Bonchev–Trinajstić information content (AvgIpc) is 2.76. The van der Waals surface area contributed by atoms with Gasteiger partial charge in [0.05, 0.1) is 11.7 Å². The molecule has 1 rings (SSSR count). The predicted octanol–water partition coefficient (Wildman–Crippen LogP) is -0.322. The van der Waals surface area contributed by atoms with Crippen molar-refractivity contribution in [2.75, 3.05) is 32.4 Å². The van der Waals surface area contributed by atoms with Crippen molar-refractivity contribution < 1.29 is 13.2 Å². The molecule has 1 heterocycles. The van der Waals surface area contributed by atoms with Crippen LogP contribution in [0.15, 0.2) is 0 Å². The highest BCUT2D eigenvalue weighted by atomic mass is 32.2. The van der Waals surface area contributed by atoms with Crippen molar-refractivity contribution in [1.82, 2.24) is 15.4 Å². The maximum atomic E-state index is 12.3. The topological polar surface area (TPSA) is 87.3 Å². The Morgan fingerprint density at radius 2 is 2.05 bits per heavy atom. The van der Waals surface area contributed by atoms with Gasteiger partial charge in [-0.15, -0.1) is 0 Å². The zero-order valence-corrected chi connectivity index (χ0v) is 12.8. The lowest BCUT2D eigenvalue weighted by Crippen LogP contribution is -2.46. The van der Waals surface area contributed by atoms with E-state index in [-0.39, 0.29) is 17.2 Å². The third-order valence-corrected chi connectivity index (χ3v) is 4.48. The molecule has 0 spiro atoms. The largest absolute Gasteiger partial charge is 0.356 e. The summed E-state index contributed by atoms with van der Waals surface area (Å²) in [6, 6.07) is 0. The molecule has 3 N–H and O–H groups in total. The van der Waals surface area contributed by atoms with E-state index in [0.717, 1.165) is 25.8 Å². The molecule has 7 heteroatoms. The fourth-order valence-corrected chi connectivity index (χ4v) is 2.90. The number of carbonyl (C=O) groups excluding carboxylic acids is 1. The summed E-state index contributed by atoms with van der Waals surface area (Å²) in [5.74, 6) is 0.364. The second-order valence-electron chi connectivity index (χ2n) is 5.51. The summed E-state index contributed by atoms with van der Waals surface area (Å²) in [6.07, 6.45) is 2.59. The molecule has 1 unspecified atom stereocenters. The van der Waals surface area contributed by atoms with Crippen molar-refractivity contribution in [3.8, 4) is 0 Å². The van der Waals surface area contributed by atoms with Crippen molar-refractivity contribution in [3.63, 3.8) is 0 Å². The van der Waals surface area contributed by atoms with Crippen LogP contribution >= 0.6 is 0 Å². The van der Waals surface area contributed by atoms with Crippen LogP contribution in [0.2, 0.25) is 0 Å². The van der Waals surface area contributed by atoms with E-state index in [9.17, 15) is 13.2 Å². The van der Waals surface area contributed by atoms with Gasteiger partial charge in [0.25, 0.3) is 0 Å². The Labute approximate surface area is 115 Å². The van der Waals surface area contributed by atoms with Crippen molar-refractivity contribution in [2.45, 2.75) is 26.7 Å². The van der Waals surface area contributed by atoms with Crippen molar-refractivity contribution >= 4 is 15.9 Å². The molecular weight excluding hydrogens is 266 g/mol. The third kappa shape index (κ3) is 4.74. The number of sulfonamides is 1. The maximum absolute atomic E-state index is 12.3. The Kier molecular flexibility index (Phi) is 5.76. The lowest BCUT2D eigenvalue weighted by Gasteiger charge is -2.31. The average molecular weight is 291 g/mol. The molecule has 1 amide bonds. The first-order chi connectivity index (χ1) is 8.78. The van der Waals surface area contributed by atoms with E-state index in [0.29, 0.717) is 19.5 Å². The van der Waals surface area contributed by atoms with Gasteiger partial charge >= 0.3 is 0 Å². The zero-order chi connectivity index (χ0) is 14.5. The van der Waals surface area contributed by atoms with E-state index in [1.807, 2.05) is 0 Å². The molecule has 0 aliphatic carbocycles. The molecule has 0 radical (unpaired) electrons. The van der Waals surface area contributed by atoms with Crippen LogP contribution < -0.4 is 15.4 Å². The molecular formula is C12H25N3O3S. The fourth-order valence-electron chi connectivity index (χ4n) is 2.38. The van der Waals surface area contributed by atoms with Gasteiger partial charge in [-0.3, -0.25) is 4.79 Å². The summed E-state index contributed by atoms with van der Waals surface area (Å²) in [7, 11) is -3.14. The molecule has 0 saturated carbocycles. The monoisotopic (exact) mass is 291 g/mol. The number of hydrogen-bond donors (Lipinski definition) is 3. The minimum atomic E-state index is -3.14. The molecule has 112 valence electrons. The molecule has 1 aliphatic rings. The van der Waals surface area contributed by atoms with E-state index < -0.39 is 10.0 Å². The van der Waals surface area contributed by atoms with E-state index >= 15 is 0 Å². The second kappa shape index (κ2) is 6.67. The summed E-state index contributed by atoms with van der Waals surface area (Å²) >= 11 is 0. The summed E-state index contributed by atoms with van der Waals surface area (Å²) in [5.41, 5.74) is -0.315. The van der Waals surface area contributed by atoms with E-state index in [1.54, 1.807) is 0 Å². The Bertz CT molecular complexity index is 400. The van der Waals surface area contributed by atoms with Gasteiger partial charge in [-0.2, -0.15) is 0 Å². The summed E-state index contributed by atoms with van der Waals surface area (Å²) in [4.78, 5) is 12.3. The molecule has 0 bridgehead atoms. The molecule has 1 fully saturated rings. The first-order valence-electron chi connectivity index (χ1n) is 6.71. The summed E-state index contributed by atoms with van der Waals surface area (Å²) in [6.45, 7) is 6.58. The zero-order valence-electron chi connectivity index (χ0n) is 12.0. The molecule has 1 saturated heterocycles. The fraction of sp³-hybridized carbons (Fsp3) is 0.917. The van der Waals surface area contributed by atoms with Crippen LogP contribution in [-0.2, 0) is 14.8 Å². The van der Waals surface area contributed by atoms with Crippen LogP contribution in [0.5, 0.6) is 0 Å². The van der Waals surface area contributed by atoms with Crippen LogP contribution in [0.1, 0.15) is 26.7 Å². The summed E-state index contributed by atoms with van der Waals surface area (Å²) in [5, 5.41) is 6.16. The van der Waals surface area contributed by atoms with E-state index in [4.69, 9.17) is 0 Å². The van der Waals surface area contributed by atoms with Crippen molar-refractivity contribution in [3.05, 3.63) is 0 Å². The van der Waals surface area contributed by atoms with Crippen LogP contribution in [0.3, 0.4) is 0 Å². The minimum Gasteiger partial charge on any atom is -0.356 e. The van der Waals surface area contributed by atoms with Gasteiger partial charge in [0, 0.05) is 19.6 Å². The number of hydrogen-bond acceptors (Lipinski definition) is 4. The van der Waals surface area contributed by atoms with Gasteiger partial charge in [0.1, 0.15) is 0 Å². The number of amides is 1. The van der Waals surface area contributed by atoms with Gasteiger partial charge in [-0.25, -0.2) is 13.1 Å². The number of carbonyl (C=O) groups is 1. The highest BCUT2D eigenvalue weighted by Gasteiger charge is 2.43. The van der Waals surface area contributed by atoms with Crippen molar-refractivity contribution in [2.24, 2.45) is 11.3 Å². The van der Waals surface area contributed by atoms with Crippen LogP contribution in [0.25, 0.3) is 0 Å². The van der Waals surface area contributed by atoms with Crippen molar-refractivity contribution in [1.29, 1.82) is 0 Å².